The second-order valence-electron chi connectivity index (χ2n) is 6.66. The maximum Gasteiger partial charge on any atom is 0.270 e. The van der Waals surface area contributed by atoms with E-state index in [0.29, 0.717) is 27.3 Å². The first kappa shape index (κ1) is 20.8. The normalized spacial score (nSPS) is 15.4. The van der Waals surface area contributed by atoms with Crippen molar-refractivity contribution in [2.24, 2.45) is 0 Å². The van der Waals surface area contributed by atoms with Crippen LogP contribution in [-0.2, 0) is 4.79 Å². The van der Waals surface area contributed by atoms with Crippen LogP contribution >= 0.6 is 35.6 Å². The summed E-state index contributed by atoms with van der Waals surface area (Å²) in [6.07, 6.45) is 2.69. The van der Waals surface area contributed by atoms with Gasteiger partial charge in [-0.3, -0.25) is 9.69 Å². The van der Waals surface area contributed by atoms with Crippen LogP contribution < -0.4 is 9.64 Å². The van der Waals surface area contributed by atoms with Crippen LogP contribution in [0.3, 0.4) is 0 Å². The molecule has 1 heterocycles. The van der Waals surface area contributed by atoms with Gasteiger partial charge in [-0.2, -0.15) is 0 Å². The summed E-state index contributed by atoms with van der Waals surface area (Å²) in [6.45, 7) is 2.62. The van der Waals surface area contributed by atoms with Crippen molar-refractivity contribution >= 4 is 68.3 Å². The molecular weight excluding hydrogens is 441 g/mol. The number of hydrogen-bond acceptors (Lipinski definition) is 4. The van der Waals surface area contributed by atoms with E-state index in [1.165, 1.54) is 34.9 Å². The third-order valence-corrected chi connectivity index (χ3v) is 6.21. The fourth-order valence-electron chi connectivity index (χ4n) is 3.21. The molecule has 0 spiro atoms. The smallest absolute Gasteiger partial charge is 0.270 e. The van der Waals surface area contributed by atoms with Crippen molar-refractivity contribution in [2.75, 3.05) is 11.5 Å². The summed E-state index contributed by atoms with van der Waals surface area (Å²) >= 11 is 12.5. The van der Waals surface area contributed by atoms with Gasteiger partial charge < -0.3 is 4.74 Å². The largest absolute Gasteiger partial charge is 0.493 e. The lowest BCUT2D eigenvalue weighted by Gasteiger charge is -2.15. The fourth-order valence-corrected chi connectivity index (χ4v) is 4.66. The van der Waals surface area contributed by atoms with Crippen molar-refractivity contribution < 1.29 is 13.9 Å². The van der Waals surface area contributed by atoms with Gasteiger partial charge in [-0.15, -0.1) is 0 Å². The third kappa shape index (κ3) is 3.95. The summed E-state index contributed by atoms with van der Waals surface area (Å²) in [5.74, 6) is -0.109. The lowest BCUT2D eigenvalue weighted by atomic mass is 10.0. The highest BCUT2D eigenvalue weighted by Gasteiger charge is 2.34. The van der Waals surface area contributed by atoms with Gasteiger partial charge in [0.1, 0.15) is 11.6 Å². The van der Waals surface area contributed by atoms with Gasteiger partial charge >= 0.3 is 0 Å². The number of benzene rings is 3. The Morgan fingerprint density at radius 3 is 2.77 bits per heavy atom. The number of thiocarbonyl (C=S) groups is 1. The van der Waals surface area contributed by atoms with E-state index in [2.05, 4.69) is 0 Å². The van der Waals surface area contributed by atoms with E-state index >= 15 is 0 Å². The molecule has 30 heavy (non-hydrogen) atoms. The maximum atomic E-state index is 13.5. The zero-order valence-corrected chi connectivity index (χ0v) is 18.4. The van der Waals surface area contributed by atoms with E-state index in [-0.39, 0.29) is 10.9 Å². The molecule has 4 rings (SSSR count). The van der Waals surface area contributed by atoms with Crippen molar-refractivity contribution in [1.82, 2.24) is 0 Å². The molecule has 0 unspecified atom stereocenters. The molecule has 1 aliphatic heterocycles. The summed E-state index contributed by atoms with van der Waals surface area (Å²) < 4.78 is 19.8. The molecule has 1 aliphatic rings. The summed E-state index contributed by atoms with van der Waals surface area (Å²) in [6, 6.07) is 16.0. The van der Waals surface area contributed by atoms with Crippen LogP contribution in [-0.4, -0.2) is 16.8 Å². The van der Waals surface area contributed by atoms with Crippen LogP contribution in [0.5, 0.6) is 5.75 Å². The summed E-state index contributed by atoms with van der Waals surface area (Å²) in [5, 5.41) is 1.98. The molecule has 152 valence electrons. The number of hydrogen-bond donors (Lipinski definition) is 0. The Morgan fingerprint density at radius 1 is 1.20 bits per heavy atom. The molecule has 3 aromatic carbocycles. The van der Waals surface area contributed by atoms with Crippen LogP contribution in [0.1, 0.15) is 18.9 Å². The molecule has 1 fully saturated rings. The van der Waals surface area contributed by atoms with E-state index in [0.717, 1.165) is 22.8 Å². The molecular formula is C23H17ClFNO2S2. The molecule has 0 radical (unpaired) electrons. The topological polar surface area (TPSA) is 29.5 Å². The van der Waals surface area contributed by atoms with E-state index in [9.17, 15) is 9.18 Å². The van der Waals surface area contributed by atoms with Gasteiger partial charge in [-0.25, -0.2) is 4.39 Å². The zero-order chi connectivity index (χ0) is 21.3. The predicted octanol–water partition coefficient (Wildman–Crippen LogP) is 6.83. The molecule has 7 heteroatoms. The number of ether oxygens (including phenoxy) is 1. The van der Waals surface area contributed by atoms with Gasteiger partial charge in [-0.05, 0) is 47.5 Å². The number of fused-ring (bicyclic) bond motifs is 1. The lowest BCUT2D eigenvalue weighted by molar-refractivity contribution is -0.113. The first-order valence-electron chi connectivity index (χ1n) is 9.37. The highest BCUT2D eigenvalue weighted by Crippen LogP contribution is 2.39. The average Bonchev–Trinajstić information content (AvgIpc) is 3.02. The monoisotopic (exact) mass is 457 g/mol. The molecule has 3 nitrogen and oxygen atoms in total. The van der Waals surface area contributed by atoms with Gasteiger partial charge in [0.05, 0.1) is 22.2 Å². The van der Waals surface area contributed by atoms with Gasteiger partial charge in [0.2, 0.25) is 0 Å². The minimum atomic E-state index is -0.546. The Morgan fingerprint density at radius 2 is 2.00 bits per heavy atom. The number of halogens is 2. The number of nitrogens with zero attached hydrogens (tertiary/aromatic N) is 1. The molecule has 1 saturated heterocycles. The van der Waals surface area contributed by atoms with Gasteiger partial charge in [0.15, 0.2) is 4.32 Å². The number of carbonyl (C=O) groups excluding carboxylic acids is 1. The minimum Gasteiger partial charge on any atom is -0.493 e. The number of anilines is 1. The van der Waals surface area contributed by atoms with E-state index in [1.54, 1.807) is 0 Å². The van der Waals surface area contributed by atoms with Crippen LogP contribution in [0.15, 0.2) is 59.5 Å². The van der Waals surface area contributed by atoms with E-state index < -0.39 is 5.82 Å². The Hall–Kier alpha value is -2.41. The molecule has 0 saturated carbocycles. The summed E-state index contributed by atoms with van der Waals surface area (Å²) in [7, 11) is 0. The van der Waals surface area contributed by atoms with E-state index in [1.807, 2.05) is 49.4 Å². The molecule has 0 aliphatic carbocycles. The lowest BCUT2D eigenvalue weighted by Crippen LogP contribution is -2.27. The van der Waals surface area contributed by atoms with Crippen molar-refractivity contribution in [3.05, 3.63) is 75.9 Å². The molecule has 0 N–H and O–H groups in total. The second kappa shape index (κ2) is 8.76. The SMILES string of the molecule is CCCOc1ccc2ccccc2c1/C=C1\SC(=S)N(c2ccc(F)c(Cl)c2)C1=O. The number of amides is 1. The van der Waals surface area contributed by atoms with Gasteiger partial charge in [-0.1, -0.05) is 72.8 Å². The second-order valence-corrected chi connectivity index (χ2v) is 8.75. The van der Waals surface area contributed by atoms with Gasteiger partial charge in [0, 0.05) is 5.56 Å². The predicted molar refractivity (Wildman–Crippen MR) is 127 cm³/mol. The first-order chi connectivity index (χ1) is 14.5. The Kier molecular flexibility index (Phi) is 6.09. The average molecular weight is 458 g/mol. The van der Waals surface area contributed by atoms with E-state index in [4.69, 9.17) is 28.6 Å². The Labute approximate surface area is 188 Å². The first-order valence-corrected chi connectivity index (χ1v) is 11.0. The van der Waals surface area contributed by atoms with Crippen LogP contribution in [0.25, 0.3) is 16.8 Å². The molecule has 3 aromatic rings. The summed E-state index contributed by atoms with van der Waals surface area (Å²) in [5.41, 5.74) is 1.27. The highest BCUT2D eigenvalue weighted by atomic mass is 35.5. The number of rotatable bonds is 5. The van der Waals surface area contributed by atoms with Crippen molar-refractivity contribution in [3.8, 4) is 5.75 Å². The van der Waals surface area contributed by atoms with Gasteiger partial charge in [0.25, 0.3) is 5.91 Å². The number of carbonyl (C=O) groups is 1. The molecule has 1 amide bonds. The molecule has 0 atom stereocenters. The molecule has 0 aromatic heterocycles. The van der Waals surface area contributed by atoms with Crippen LogP contribution in [0, 0.1) is 5.82 Å². The summed E-state index contributed by atoms with van der Waals surface area (Å²) in [4.78, 5) is 15.0. The van der Waals surface area contributed by atoms with Crippen molar-refractivity contribution in [1.29, 1.82) is 0 Å². The quantitative estimate of drug-likeness (QED) is 0.310. The standard InChI is InChI=1S/C23H17ClFNO2S2/c1-2-11-28-20-10-7-14-5-3-4-6-16(14)17(20)13-21-22(27)26(23(29)30-21)15-8-9-19(25)18(24)12-15/h3-10,12-13H,2,11H2,1H3/b21-13-. The maximum absolute atomic E-state index is 13.5. The van der Waals surface area contributed by atoms with Crippen molar-refractivity contribution in [2.45, 2.75) is 13.3 Å². The number of thioether (sulfide) groups is 1. The third-order valence-electron chi connectivity index (χ3n) is 4.62. The minimum absolute atomic E-state index is 0.0603. The highest BCUT2D eigenvalue weighted by molar-refractivity contribution is 8.27. The molecule has 0 bridgehead atoms. The van der Waals surface area contributed by atoms with Crippen molar-refractivity contribution in [3.63, 3.8) is 0 Å². The Bertz CT molecular complexity index is 1200. The van der Waals surface area contributed by atoms with Crippen LogP contribution in [0.4, 0.5) is 10.1 Å². The Balaban J connectivity index is 1.78. The zero-order valence-electron chi connectivity index (χ0n) is 16.0. The fraction of sp³-hybridized carbons (Fsp3) is 0.130. The van der Waals surface area contributed by atoms with Crippen LogP contribution in [0.2, 0.25) is 5.02 Å².